The number of rotatable bonds is 7. The average molecular weight is 386 g/mol. The van der Waals surface area contributed by atoms with E-state index in [2.05, 4.69) is 16.2 Å². The summed E-state index contributed by atoms with van der Waals surface area (Å²) in [6, 6.07) is 9.87. The summed E-state index contributed by atoms with van der Waals surface area (Å²) in [5.74, 6) is -0.337. The minimum absolute atomic E-state index is 0.00677. The van der Waals surface area contributed by atoms with Crippen LogP contribution in [-0.2, 0) is 9.59 Å². The zero-order valence-electron chi connectivity index (χ0n) is 15.9. The Morgan fingerprint density at radius 2 is 2.11 bits per heavy atom. The maximum Gasteiger partial charge on any atom is 0.317 e. The first-order chi connectivity index (χ1) is 13.5. The van der Waals surface area contributed by atoms with Gasteiger partial charge < -0.3 is 14.8 Å². The minimum Gasteiger partial charge on any atom is -0.480 e. The van der Waals surface area contributed by atoms with E-state index >= 15 is 0 Å². The molecule has 0 spiro atoms. The van der Waals surface area contributed by atoms with Gasteiger partial charge in [-0.05, 0) is 31.5 Å². The largest absolute Gasteiger partial charge is 0.480 e. The minimum atomic E-state index is -0.814. The van der Waals surface area contributed by atoms with Crippen molar-refractivity contribution in [1.82, 2.24) is 21.1 Å². The van der Waals surface area contributed by atoms with Crippen molar-refractivity contribution in [2.24, 2.45) is 5.92 Å². The first-order valence-electron chi connectivity index (χ1n) is 9.78. The standard InChI is InChI=1S/C20H26N4O4/c1-2-24(11-18(25)26)14-8-13(9-14)22-20(27)15-10-21-23-19(15)17-7-12-5-3-4-6-16(12)28-17/h3-7,13-15,19,21,23H,2,8-11H2,1H3,(H,22,27)(H,25,26). The highest BCUT2D eigenvalue weighted by Crippen LogP contribution is 2.31. The summed E-state index contributed by atoms with van der Waals surface area (Å²) in [6.07, 6.45) is 1.57. The molecule has 1 saturated carbocycles. The highest BCUT2D eigenvalue weighted by atomic mass is 16.4. The molecule has 1 aliphatic heterocycles. The summed E-state index contributed by atoms with van der Waals surface area (Å²) in [5.41, 5.74) is 7.03. The molecule has 1 aromatic heterocycles. The number of para-hydroxylation sites is 1. The Labute approximate surface area is 163 Å². The number of hydrogen-bond donors (Lipinski definition) is 4. The van der Waals surface area contributed by atoms with Gasteiger partial charge >= 0.3 is 5.97 Å². The van der Waals surface area contributed by atoms with Crippen LogP contribution in [0.2, 0.25) is 0 Å². The number of carboxylic acid groups (broad SMARTS) is 1. The molecule has 150 valence electrons. The molecule has 2 aliphatic rings. The highest BCUT2D eigenvalue weighted by Gasteiger charge is 2.40. The van der Waals surface area contributed by atoms with E-state index in [0.29, 0.717) is 13.1 Å². The topological polar surface area (TPSA) is 107 Å². The molecule has 2 unspecified atom stereocenters. The fourth-order valence-electron chi connectivity index (χ4n) is 4.15. The lowest BCUT2D eigenvalue weighted by atomic mass is 9.84. The summed E-state index contributed by atoms with van der Waals surface area (Å²) >= 11 is 0. The van der Waals surface area contributed by atoms with Gasteiger partial charge in [0.25, 0.3) is 0 Å². The van der Waals surface area contributed by atoms with Crippen LogP contribution in [0.1, 0.15) is 31.6 Å². The molecule has 0 bridgehead atoms. The van der Waals surface area contributed by atoms with E-state index in [9.17, 15) is 9.59 Å². The van der Waals surface area contributed by atoms with Gasteiger partial charge in [0.2, 0.25) is 5.91 Å². The van der Waals surface area contributed by atoms with Crippen LogP contribution < -0.4 is 16.2 Å². The van der Waals surface area contributed by atoms with E-state index in [-0.39, 0.29) is 36.5 Å². The molecule has 2 heterocycles. The molecule has 2 fully saturated rings. The summed E-state index contributed by atoms with van der Waals surface area (Å²) in [7, 11) is 0. The second-order valence-corrected chi connectivity index (χ2v) is 7.58. The van der Waals surface area contributed by atoms with Gasteiger partial charge in [0.15, 0.2) is 0 Å². The van der Waals surface area contributed by atoms with E-state index in [4.69, 9.17) is 9.52 Å². The number of likely N-dealkylation sites (N-methyl/N-ethyl adjacent to an activating group) is 1. The van der Waals surface area contributed by atoms with Crippen molar-refractivity contribution in [2.75, 3.05) is 19.6 Å². The molecule has 2 atom stereocenters. The number of amides is 1. The number of aliphatic carboxylic acids is 1. The molecule has 8 nitrogen and oxygen atoms in total. The van der Waals surface area contributed by atoms with Gasteiger partial charge in [-0.1, -0.05) is 25.1 Å². The van der Waals surface area contributed by atoms with Crippen molar-refractivity contribution in [1.29, 1.82) is 0 Å². The van der Waals surface area contributed by atoms with E-state index in [1.54, 1.807) is 0 Å². The smallest absolute Gasteiger partial charge is 0.317 e. The van der Waals surface area contributed by atoms with Gasteiger partial charge in [0.1, 0.15) is 11.3 Å². The van der Waals surface area contributed by atoms with Gasteiger partial charge in [0.05, 0.1) is 18.5 Å². The monoisotopic (exact) mass is 386 g/mol. The number of benzene rings is 1. The summed E-state index contributed by atoms with van der Waals surface area (Å²) in [5, 5.41) is 13.1. The van der Waals surface area contributed by atoms with E-state index in [1.807, 2.05) is 42.2 Å². The first kappa shape index (κ1) is 18.9. The number of nitrogens with one attached hydrogen (secondary N) is 3. The molecule has 1 aromatic carbocycles. The van der Waals surface area contributed by atoms with E-state index in [0.717, 1.165) is 29.6 Å². The van der Waals surface area contributed by atoms with Crippen LogP contribution in [0.25, 0.3) is 11.0 Å². The first-order valence-corrected chi connectivity index (χ1v) is 9.78. The molecule has 2 aromatic rings. The predicted molar refractivity (Wildman–Crippen MR) is 103 cm³/mol. The van der Waals surface area contributed by atoms with Gasteiger partial charge in [0, 0.05) is 24.0 Å². The molecule has 4 N–H and O–H groups in total. The normalized spacial score (nSPS) is 27.1. The lowest BCUT2D eigenvalue weighted by molar-refractivity contribution is -0.140. The molecule has 8 heteroatoms. The van der Waals surface area contributed by atoms with Crippen LogP contribution in [0.15, 0.2) is 34.7 Å². The number of hydrazine groups is 1. The number of furan rings is 1. The third-order valence-electron chi connectivity index (χ3n) is 5.79. The van der Waals surface area contributed by atoms with Gasteiger partial charge in [-0.3, -0.25) is 19.9 Å². The Morgan fingerprint density at radius 1 is 1.32 bits per heavy atom. The molecular formula is C20H26N4O4. The average Bonchev–Trinajstić information content (AvgIpc) is 3.28. The lowest BCUT2D eigenvalue weighted by Crippen LogP contribution is -2.56. The Balaban J connectivity index is 1.35. The van der Waals surface area contributed by atoms with Crippen LogP contribution in [0.4, 0.5) is 0 Å². The van der Waals surface area contributed by atoms with Crippen molar-refractivity contribution in [2.45, 2.75) is 37.9 Å². The summed E-state index contributed by atoms with van der Waals surface area (Å²) < 4.78 is 5.93. The van der Waals surface area contributed by atoms with Gasteiger partial charge in [-0.15, -0.1) is 0 Å². The molecule has 4 rings (SSSR count). The number of carboxylic acids is 1. The van der Waals surface area contributed by atoms with E-state index < -0.39 is 5.97 Å². The molecule has 0 radical (unpaired) electrons. The van der Waals surface area contributed by atoms with E-state index in [1.165, 1.54) is 0 Å². The quantitative estimate of drug-likeness (QED) is 0.567. The van der Waals surface area contributed by atoms with Crippen molar-refractivity contribution < 1.29 is 19.1 Å². The van der Waals surface area contributed by atoms with Crippen molar-refractivity contribution in [3.05, 3.63) is 36.1 Å². The number of hydrogen-bond acceptors (Lipinski definition) is 6. The SMILES string of the molecule is CCN(CC(=O)O)C1CC(NC(=O)C2CNNC2c2cc3ccccc3o2)C1. The summed E-state index contributed by atoms with van der Waals surface area (Å²) in [6.45, 7) is 3.24. The maximum absolute atomic E-state index is 12.8. The molecule has 1 saturated heterocycles. The molecule has 1 aliphatic carbocycles. The third kappa shape index (κ3) is 3.76. The van der Waals surface area contributed by atoms with Crippen LogP contribution in [0.3, 0.4) is 0 Å². The Kier molecular flexibility index (Phi) is 5.34. The molecule has 28 heavy (non-hydrogen) atoms. The van der Waals surface area contributed by atoms with Gasteiger partial charge in [-0.2, -0.15) is 0 Å². The highest BCUT2D eigenvalue weighted by molar-refractivity contribution is 5.82. The zero-order valence-corrected chi connectivity index (χ0v) is 15.9. The Morgan fingerprint density at radius 3 is 2.82 bits per heavy atom. The van der Waals surface area contributed by atoms with Crippen LogP contribution in [-0.4, -0.2) is 53.6 Å². The maximum atomic E-state index is 12.8. The fraction of sp³-hybridized carbons (Fsp3) is 0.500. The molecular weight excluding hydrogens is 360 g/mol. The number of fused-ring (bicyclic) bond motifs is 1. The predicted octanol–water partition coefficient (Wildman–Crippen LogP) is 1.25. The van der Waals surface area contributed by atoms with Crippen molar-refractivity contribution in [3.8, 4) is 0 Å². The van der Waals surface area contributed by atoms with Crippen LogP contribution in [0, 0.1) is 5.92 Å². The second-order valence-electron chi connectivity index (χ2n) is 7.58. The zero-order chi connectivity index (χ0) is 19.7. The van der Waals surface area contributed by atoms with Crippen LogP contribution in [0.5, 0.6) is 0 Å². The Bertz CT molecular complexity index is 828. The number of nitrogens with zero attached hydrogens (tertiary/aromatic N) is 1. The van der Waals surface area contributed by atoms with Crippen molar-refractivity contribution in [3.63, 3.8) is 0 Å². The summed E-state index contributed by atoms with van der Waals surface area (Å²) in [4.78, 5) is 25.7. The number of carbonyl (C=O) groups excluding carboxylic acids is 1. The third-order valence-corrected chi connectivity index (χ3v) is 5.79. The second kappa shape index (κ2) is 7.90. The molecule has 1 amide bonds. The number of carbonyl (C=O) groups is 2. The van der Waals surface area contributed by atoms with Gasteiger partial charge in [-0.25, -0.2) is 5.43 Å². The van der Waals surface area contributed by atoms with Crippen molar-refractivity contribution >= 4 is 22.8 Å². The fourth-order valence-corrected chi connectivity index (χ4v) is 4.15. The Hall–Kier alpha value is -2.42. The lowest BCUT2D eigenvalue weighted by Gasteiger charge is -2.42. The van der Waals surface area contributed by atoms with Crippen LogP contribution >= 0.6 is 0 Å².